The highest BCUT2D eigenvalue weighted by atomic mass is 35.5. The van der Waals surface area contributed by atoms with E-state index in [1.807, 2.05) is 38.1 Å². The van der Waals surface area contributed by atoms with Crippen LogP contribution in [0.3, 0.4) is 0 Å². The lowest BCUT2D eigenvalue weighted by molar-refractivity contribution is -0.153. The van der Waals surface area contributed by atoms with Crippen molar-refractivity contribution < 1.29 is 14.3 Å². The zero-order valence-electron chi connectivity index (χ0n) is 22.1. The Hall–Kier alpha value is -3.53. The molecule has 4 heterocycles. The van der Waals surface area contributed by atoms with E-state index in [-0.39, 0.29) is 17.5 Å². The Balaban J connectivity index is 1.46. The second kappa shape index (κ2) is 11.5. The summed E-state index contributed by atoms with van der Waals surface area (Å²) in [7, 11) is 0. The Morgan fingerprint density at radius 1 is 1.23 bits per heavy atom. The van der Waals surface area contributed by atoms with Gasteiger partial charge in [0.05, 0.1) is 26.8 Å². The van der Waals surface area contributed by atoms with Gasteiger partial charge in [0.2, 0.25) is 0 Å². The maximum atomic E-state index is 14.6. The minimum atomic E-state index is -1.11. The second-order valence-electron chi connectivity index (χ2n) is 10.3. The molecule has 3 aromatic heterocycles. The Kier molecular flexibility index (Phi) is 8.07. The third kappa shape index (κ3) is 5.82. The molecule has 0 aliphatic carbocycles. The molecule has 40 heavy (non-hydrogen) atoms. The molecule has 8 nitrogen and oxygen atoms in total. The standard InChI is InChI=1S/C29H29Cl2FN6O2/c1-17-12-25(37-36-17)35-24-13-20(22-8-3-4-10-33-22)26(31)23(34-24)15-29(28(39)40)9-11-38(18(2)14-29)16-19-6-5-7-21(30)27(19)32/h3-8,10,12-13,18H,9,11,14-16H2,1-2H3,(H,39,40)(H2,34,35,36,37)/t18-,29-/m1/s1. The highest BCUT2D eigenvalue weighted by molar-refractivity contribution is 6.34. The number of pyridine rings is 2. The molecule has 1 fully saturated rings. The molecular weight excluding hydrogens is 554 g/mol. The van der Waals surface area contributed by atoms with E-state index in [4.69, 9.17) is 28.2 Å². The highest BCUT2D eigenvalue weighted by Crippen LogP contribution is 2.42. The summed E-state index contributed by atoms with van der Waals surface area (Å²) in [6, 6.07) is 14.0. The van der Waals surface area contributed by atoms with Gasteiger partial charge in [-0.05, 0) is 57.5 Å². The van der Waals surface area contributed by atoms with Crippen LogP contribution in [0.4, 0.5) is 16.0 Å². The van der Waals surface area contributed by atoms with Crippen LogP contribution < -0.4 is 5.32 Å². The summed E-state index contributed by atoms with van der Waals surface area (Å²) >= 11 is 12.9. The summed E-state index contributed by atoms with van der Waals surface area (Å²) < 4.78 is 14.6. The summed E-state index contributed by atoms with van der Waals surface area (Å²) in [4.78, 5) is 24.1. The van der Waals surface area contributed by atoms with Crippen molar-refractivity contribution >= 4 is 40.8 Å². The van der Waals surface area contributed by atoms with Gasteiger partial charge in [0.25, 0.3) is 0 Å². The third-order valence-corrected chi connectivity index (χ3v) is 8.19. The van der Waals surface area contributed by atoms with Gasteiger partial charge in [-0.2, -0.15) is 5.10 Å². The minimum absolute atomic E-state index is 0.0740. The van der Waals surface area contributed by atoms with Gasteiger partial charge in [0.1, 0.15) is 11.6 Å². The monoisotopic (exact) mass is 582 g/mol. The number of halogens is 3. The van der Waals surface area contributed by atoms with Crippen molar-refractivity contribution in [3.63, 3.8) is 0 Å². The molecule has 208 valence electrons. The van der Waals surface area contributed by atoms with Gasteiger partial charge < -0.3 is 10.4 Å². The number of anilines is 2. The molecule has 0 unspecified atom stereocenters. The molecule has 1 aromatic carbocycles. The van der Waals surface area contributed by atoms with E-state index in [1.54, 1.807) is 24.4 Å². The number of hydrogen-bond acceptors (Lipinski definition) is 6. The molecule has 0 radical (unpaired) electrons. The zero-order chi connectivity index (χ0) is 28.4. The highest BCUT2D eigenvalue weighted by Gasteiger charge is 2.45. The number of aryl methyl sites for hydroxylation is 1. The van der Waals surface area contributed by atoms with Crippen LogP contribution in [0.25, 0.3) is 11.3 Å². The van der Waals surface area contributed by atoms with Crippen molar-refractivity contribution in [2.45, 2.75) is 45.7 Å². The van der Waals surface area contributed by atoms with Crippen LogP contribution in [0.15, 0.2) is 54.7 Å². The lowest BCUT2D eigenvalue weighted by atomic mass is 9.72. The van der Waals surface area contributed by atoms with E-state index < -0.39 is 17.2 Å². The van der Waals surface area contributed by atoms with Gasteiger partial charge in [0, 0.05) is 48.1 Å². The molecule has 3 N–H and O–H groups in total. The second-order valence-corrected chi connectivity index (χ2v) is 11.1. The fourth-order valence-corrected chi connectivity index (χ4v) is 5.79. The lowest BCUT2D eigenvalue weighted by Crippen LogP contribution is -2.49. The predicted molar refractivity (Wildman–Crippen MR) is 153 cm³/mol. The molecule has 4 aromatic rings. The molecule has 1 aliphatic heterocycles. The Morgan fingerprint density at radius 2 is 2.05 bits per heavy atom. The van der Waals surface area contributed by atoms with Crippen LogP contribution in [0.2, 0.25) is 10.0 Å². The largest absolute Gasteiger partial charge is 0.481 e. The first-order valence-corrected chi connectivity index (χ1v) is 13.7. The average molecular weight is 583 g/mol. The number of aromatic nitrogens is 4. The number of aliphatic carboxylic acids is 1. The van der Waals surface area contributed by atoms with Crippen molar-refractivity contribution in [3.8, 4) is 11.3 Å². The number of piperidine rings is 1. The van der Waals surface area contributed by atoms with Gasteiger partial charge in [-0.1, -0.05) is 41.4 Å². The van der Waals surface area contributed by atoms with Gasteiger partial charge in [-0.15, -0.1) is 0 Å². The quantitative estimate of drug-likeness (QED) is 0.213. The maximum Gasteiger partial charge on any atom is 0.310 e. The average Bonchev–Trinajstić information content (AvgIpc) is 3.34. The lowest BCUT2D eigenvalue weighted by Gasteiger charge is -2.43. The zero-order valence-corrected chi connectivity index (χ0v) is 23.6. The molecule has 0 saturated carbocycles. The van der Waals surface area contributed by atoms with Crippen LogP contribution in [0.1, 0.15) is 36.7 Å². The van der Waals surface area contributed by atoms with Crippen LogP contribution in [-0.4, -0.2) is 48.7 Å². The molecule has 1 aliphatic rings. The van der Waals surface area contributed by atoms with Gasteiger partial charge in [-0.3, -0.25) is 19.8 Å². The Labute approximate surface area is 241 Å². The summed E-state index contributed by atoms with van der Waals surface area (Å²) in [5.41, 5.74) is 2.01. The first kappa shape index (κ1) is 28.0. The normalized spacial score (nSPS) is 19.5. The Bertz CT molecular complexity index is 1530. The van der Waals surface area contributed by atoms with Crippen molar-refractivity contribution in [1.82, 2.24) is 25.1 Å². The molecule has 0 amide bonds. The predicted octanol–water partition coefficient (Wildman–Crippen LogP) is 6.66. The summed E-state index contributed by atoms with van der Waals surface area (Å²) in [5, 5.41) is 21.2. The van der Waals surface area contributed by atoms with Crippen molar-refractivity contribution in [2.75, 3.05) is 11.9 Å². The summed E-state index contributed by atoms with van der Waals surface area (Å²) in [6.45, 7) is 4.66. The first-order valence-electron chi connectivity index (χ1n) is 13.0. The van der Waals surface area contributed by atoms with Crippen LogP contribution in [-0.2, 0) is 17.8 Å². The van der Waals surface area contributed by atoms with Crippen molar-refractivity contribution in [1.29, 1.82) is 0 Å². The third-order valence-electron chi connectivity index (χ3n) is 7.48. The number of carboxylic acids is 1. The fourth-order valence-electron chi connectivity index (χ4n) is 5.34. The number of likely N-dealkylation sites (tertiary alicyclic amines) is 1. The summed E-state index contributed by atoms with van der Waals surface area (Å²) in [5.74, 6) is -0.297. The number of nitrogens with one attached hydrogen (secondary N) is 2. The number of carboxylic acid groups (broad SMARTS) is 1. The smallest absolute Gasteiger partial charge is 0.310 e. The number of hydrogen-bond donors (Lipinski definition) is 3. The van der Waals surface area contributed by atoms with Crippen molar-refractivity contribution in [3.05, 3.63) is 87.5 Å². The fraction of sp³-hybridized carbons (Fsp3) is 0.310. The van der Waals surface area contributed by atoms with E-state index >= 15 is 0 Å². The number of aromatic amines is 1. The van der Waals surface area contributed by atoms with Crippen LogP contribution >= 0.6 is 23.2 Å². The topological polar surface area (TPSA) is 107 Å². The van der Waals surface area contributed by atoms with E-state index in [1.165, 1.54) is 6.07 Å². The van der Waals surface area contributed by atoms with E-state index in [9.17, 15) is 14.3 Å². The molecule has 5 rings (SSSR count). The number of nitrogens with zero attached hydrogens (tertiary/aromatic N) is 4. The number of carbonyl (C=O) groups is 1. The number of H-pyrrole nitrogens is 1. The minimum Gasteiger partial charge on any atom is -0.481 e. The van der Waals surface area contributed by atoms with Gasteiger partial charge in [0.15, 0.2) is 5.82 Å². The number of benzene rings is 1. The molecular formula is C29H29Cl2FN6O2. The van der Waals surface area contributed by atoms with E-state index in [2.05, 4.69) is 25.4 Å². The molecule has 0 spiro atoms. The van der Waals surface area contributed by atoms with E-state index in [0.717, 1.165) is 5.69 Å². The first-order chi connectivity index (χ1) is 19.1. The van der Waals surface area contributed by atoms with Crippen molar-refractivity contribution in [2.24, 2.45) is 5.41 Å². The maximum absolute atomic E-state index is 14.6. The van der Waals surface area contributed by atoms with Crippen LogP contribution in [0.5, 0.6) is 0 Å². The molecule has 0 bridgehead atoms. The van der Waals surface area contributed by atoms with Gasteiger partial charge in [-0.25, -0.2) is 9.37 Å². The summed E-state index contributed by atoms with van der Waals surface area (Å²) in [6.07, 6.45) is 2.49. The molecule has 1 saturated heterocycles. The number of rotatable bonds is 8. The molecule has 11 heteroatoms. The Morgan fingerprint density at radius 3 is 2.73 bits per heavy atom. The van der Waals surface area contributed by atoms with E-state index in [0.29, 0.717) is 65.1 Å². The van der Waals surface area contributed by atoms with Crippen LogP contribution in [0, 0.1) is 18.2 Å². The SMILES string of the molecule is Cc1cc(Nc2cc(-c3ccccn3)c(Cl)c(C[C@@]3(C(=O)O)CCN(Cc4cccc(Cl)c4F)[C@H](C)C3)n2)n[nH]1. The molecule has 2 atom stereocenters. The van der Waals surface area contributed by atoms with Gasteiger partial charge >= 0.3 is 5.97 Å².